The summed E-state index contributed by atoms with van der Waals surface area (Å²) in [5.41, 5.74) is 2.05. The fraction of sp³-hybridized carbons (Fsp3) is 0.533. The van der Waals surface area contributed by atoms with Crippen molar-refractivity contribution in [3.05, 3.63) is 24.5 Å². The molecule has 0 unspecified atom stereocenters. The van der Waals surface area contributed by atoms with Gasteiger partial charge in [-0.3, -0.25) is 4.98 Å². The number of hydrogen-bond acceptors (Lipinski definition) is 4. The third-order valence-corrected chi connectivity index (χ3v) is 3.98. The van der Waals surface area contributed by atoms with Gasteiger partial charge in [0, 0.05) is 25.5 Å². The smallest absolute Gasteiger partial charge is 0.180 e. The van der Waals surface area contributed by atoms with E-state index in [1.165, 1.54) is 19.3 Å². The maximum atomic E-state index is 4.64. The minimum Gasteiger partial charge on any atom is -0.357 e. The molecule has 4 heteroatoms. The van der Waals surface area contributed by atoms with E-state index >= 15 is 0 Å². The highest BCUT2D eigenvalue weighted by Crippen LogP contribution is 2.31. The molecule has 0 bridgehead atoms. The number of nitrogens with zero attached hydrogens (tertiary/aromatic N) is 4. The first-order valence-electron chi connectivity index (χ1n) is 6.97. The number of rotatable bonds is 1. The van der Waals surface area contributed by atoms with Crippen LogP contribution in [-0.2, 0) is 0 Å². The lowest BCUT2D eigenvalue weighted by Crippen LogP contribution is -2.25. The maximum Gasteiger partial charge on any atom is 0.180 e. The molecule has 0 spiro atoms. The molecule has 4 nitrogen and oxygen atoms in total. The highest BCUT2D eigenvalue weighted by Gasteiger charge is 2.23. The molecule has 1 saturated heterocycles. The predicted molar refractivity (Wildman–Crippen MR) is 77.2 cm³/mol. The molecule has 0 N–H and O–H groups in total. The summed E-state index contributed by atoms with van der Waals surface area (Å²) < 4.78 is 0. The van der Waals surface area contributed by atoms with Gasteiger partial charge in [0.1, 0.15) is 11.3 Å². The van der Waals surface area contributed by atoms with Crippen LogP contribution in [0.5, 0.6) is 0 Å². The molecule has 0 aromatic carbocycles. The molecule has 0 atom stereocenters. The first-order valence-corrected chi connectivity index (χ1v) is 6.97. The van der Waals surface area contributed by atoms with Gasteiger partial charge in [0.15, 0.2) is 5.65 Å². The zero-order chi connectivity index (χ0) is 13.3. The average molecular weight is 256 g/mol. The topological polar surface area (TPSA) is 41.9 Å². The number of anilines is 1. The van der Waals surface area contributed by atoms with E-state index in [4.69, 9.17) is 0 Å². The standard InChI is InChI=1S/C15H20N4/c1-15(2)6-3-10-19(11-7-15)13-5-4-12-14(18-13)17-9-8-16-12/h4-5,8-9H,3,6-7,10-11H2,1-2H3. The summed E-state index contributed by atoms with van der Waals surface area (Å²) >= 11 is 0. The van der Waals surface area contributed by atoms with Crippen LogP contribution in [0.15, 0.2) is 24.5 Å². The Hall–Kier alpha value is -1.71. The van der Waals surface area contributed by atoms with Crippen molar-refractivity contribution in [2.75, 3.05) is 18.0 Å². The van der Waals surface area contributed by atoms with Crippen molar-refractivity contribution in [2.45, 2.75) is 33.1 Å². The normalized spacial score (nSPS) is 19.4. The molecular weight excluding hydrogens is 236 g/mol. The Balaban J connectivity index is 1.87. The van der Waals surface area contributed by atoms with Gasteiger partial charge in [-0.05, 0) is 36.8 Å². The molecule has 19 heavy (non-hydrogen) atoms. The largest absolute Gasteiger partial charge is 0.357 e. The number of fused-ring (bicyclic) bond motifs is 1. The minimum atomic E-state index is 0.450. The van der Waals surface area contributed by atoms with Crippen LogP contribution in [0.25, 0.3) is 11.2 Å². The molecule has 1 fully saturated rings. The van der Waals surface area contributed by atoms with Crippen LogP contribution < -0.4 is 4.90 Å². The summed E-state index contributed by atoms with van der Waals surface area (Å²) in [6, 6.07) is 4.08. The minimum absolute atomic E-state index is 0.450. The Labute approximate surface area is 113 Å². The van der Waals surface area contributed by atoms with Crippen LogP contribution in [0.2, 0.25) is 0 Å². The number of pyridine rings is 1. The number of hydrogen-bond donors (Lipinski definition) is 0. The maximum absolute atomic E-state index is 4.64. The van der Waals surface area contributed by atoms with Gasteiger partial charge in [-0.2, -0.15) is 0 Å². The molecule has 0 radical (unpaired) electrons. The fourth-order valence-electron chi connectivity index (χ4n) is 2.67. The molecule has 0 aliphatic carbocycles. The van der Waals surface area contributed by atoms with Gasteiger partial charge in [-0.1, -0.05) is 13.8 Å². The molecule has 1 aliphatic rings. The summed E-state index contributed by atoms with van der Waals surface area (Å²) in [6.45, 7) is 6.87. The molecule has 100 valence electrons. The van der Waals surface area contributed by atoms with Crippen molar-refractivity contribution < 1.29 is 0 Å². The van der Waals surface area contributed by atoms with Gasteiger partial charge in [-0.25, -0.2) is 9.97 Å². The molecule has 1 aliphatic heterocycles. The Kier molecular flexibility index (Phi) is 3.09. The van der Waals surface area contributed by atoms with E-state index in [9.17, 15) is 0 Å². The van der Waals surface area contributed by atoms with Crippen LogP contribution >= 0.6 is 0 Å². The van der Waals surface area contributed by atoms with E-state index < -0.39 is 0 Å². The average Bonchev–Trinajstić information content (AvgIpc) is 2.59. The van der Waals surface area contributed by atoms with E-state index in [-0.39, 0.29) is 0 Å². The first kappa shape index (κ1) is 12.3. The first-order chi connectivity index (χ1) is 9.14. The second-order valence-corrected chi connectivity index (χ2v) is 6.07. The van der Waals surface area contributed by atoms with Crippen LogP contribution in [-0.4, -0.2) is 28.0 Å². The molecule has 2 aromatic rings. The van der Waals surface area contributed by atoms with Crippen molar-refractivity contribution >= 4 is 17.0 Å². The van der Waals surface area contributed by atoms with Crippen molar-refractivity contribution in [1.82, 2.24) is 15.0 Å². The second-order valence-electron chi connectivity index (χ2n) is 6.07. The summed E-state index contributed by atoms with van der Waals surface area (Å²) in [5, 5.41) is 0. The third kappa shape index (κ3) is 2.67. The fourth-order valence-corrected chi connectivity index (χ4v) is 2.67. The quantitative estimate of drug-likeness (QED) is 0.786. The molecule has 0 amide bonds. The summed E-state index contributed by atoms with van der Waals surface area (Å²) in [7, 11) is 0. The summed E-state index contributed by atoms with van der Waals surface area (Å²) in [4.78, 5) is 15.6. The molecule has 3 rings (SSSR count). The summed E-state index contributed by atoms with van der Waals surface area (Å²) in [6.07, 6.45) is 7.14. The third-order valence-electron chi connectivity index (χ3n) is 3.98. The van der Waals surface area contributed by atoms with E-state index in [1.54, 1.807) is 12.4 Å². The SMILES string of the molecule is CC1(C)CCCN(c2ccc3nccnc3n2)CC1. The zero-order valence-electron chi connectivity index (χ0n) is 11.6. The van der Waals surface area contributed by atoms with E-state index in [0.29, 0.717) is 5.41 Å². The lowest BCUT2D eigenvalue weighted by molar-refractivity contribution is 0.325. The van der Waals surface area contributed by atoms with E-state index in [1.807, 2.05) is 6.07 Å². The highest BCUT2D eigenvalue weighted by molar-refractivity contribution is 5.71. The second kappa shape index (κ2) is 4.76. The molecule has 0 saturated carbocycles. The van der Waals surface area contributed by atoms with Crippen LogP contribution in [0.3, 0.4) is 0 Å². The van der Waals surface area contributed by atoms with Crippen molar-refractivity contribution in [1.29, 1.82) is 0 Å². The van der Waals surface area contributed by atoms with Crippen molar-refractivity contribution in [2.24, 2.45) is 5.41 Å². The van der Waals surface area contributed by atoms with E-state index in [2.05, 4.69) is 39.8 Å². The van der Waals surface area contributed by atoms with Crippen LogP contribution in [0.1, 0.15) is 33.1 Å². The molecule has 2 aromatic heterocycles. The Morgan fingerprint density at radius 3 is 2.79 bits per heavy atom. The van der Waals surface area contributed by atoms with Crippen LogP contribution in [0.4, 0.5) is 5.82 Å². The van der Waals surface area contributed by atoms with Crippen LogP contribution in [0, 0.1) is 5.41 Å². The van der Waals surface area contributed by atoms with Gasteiger partial charge in [0.05, 0.1) is 0 Å². The highest BCUT2D eigenvalue weighted by atomic mass is 15.2. The van der Waals surface area contributed by atoms with Gasteiger partial charge < -0.3 is 4.90 Å². The van der Waals surface area contributed by atoms with Crippen molar-refractivity contribution in [3.8, 4) is 0 Å². The predicted octanol–water partition coefficient (Wildman–Crippen LogP) is 3.04. The lowest BCUT2D eigenvalue weighted by atomic mass is 9.85. The Morgan fingerprint density at radius 2 is 1.89 bits per heavy atom. The van der Waals surface area contributed by atoms with Gasteiger partial charge >= 0.3 is 0 Å². The zero-order valence-corrected chi connectivity index (χ0v) is 11.6. The van der Waals surface area contributed by atoms with Gasteiger partial charge in [-0.15, -0.1) is 0 Å². The van der Waals surface area contributed by atoms with Crippen molar-refractivity contribution in [3.63, 3.8) is 0 Å². The Bertz CT molecular complexity index is 579. The number of aromatic nitrogens is 3. The monoisotopic (exact) mass is 256 g/mol. The molecule has 3 heterocycles. The van der Waals surface area contributed by atoms with E-state index in [0.717, 1.165) is 30.1 Å². The van der Waals surface area contributed by atoms with Gasteiger partial charge in [0.25, 0.3) is 0 Å². The summed E-state index contributed by atoms with van der Waals surface area (Å²) in [5.74, 6) is 1.03. The Morgan fingerprint density at radius 1 is 1.05 bits per heavy atom. The van der Waals surface area contributed by atoms with Gasteiger partial charge in [0.2, 0.25) is 0 Å². The molecular formula is C15H20N4. The lowest BCUT2D eigenvalue weighted by Gasteiger charge is -2.24.